The Labute approximate surface area is 135 Å². The van der Waals surface area contributed by atoms with Gasteiger partial charge < -0.3 is 5.73 Å². The number of nitrogens with two attached hydrogens (primary N) is 1. The van der Waals surface area contributed by atoms with Gasteiger partial charge in [0.1, 0.15) is 18.1 Å². The molecular formula is C16H20ClN5. The number of fused-ring (bicyclic) bond motifs is 1. The Bertz CT molecular complexity index is 654. The maximum Gasteiger partial charge on any atom is 0.154 e. The van der Waals surface area contributed by atoms with Crippen LogP contribution in [-0.4, -0.2) is 35.6 Å². The summed E-state index contributed by atoms with van der Waals surface area (Å²) in [5.74, 6) is 0.457. The van der Waals surface area contributed by atoms with Gasteiger partial charge in [0.25, 0.3) is 0 Å². The zero-order valence-corrected chi connectivity index (χ0v) is 13.7. The van der Waals surface area contributed by atoms with Crippen LogP contribution < -0.4 is 5.73 Å². The minimum atomic E-state index is -0.109. The highest BCUT2D eigenvalue weighted by Gasteiger charge is 2.42. The van der Waals surface area contributed by atoms with Gasteiger partial charge in [-0.2, -0.15) is 5.10 Å². The Morgan fingerprint density at radius 1 is 1.23 bits per heavy atom. The number of hydrogen-bond acceptors (Lipinski definition) is 5. The maximum atomic E-state index is 6.13. The van der Waals surface area contributed by atoms with Gasteiger partial charge in [-0.3, -0.25) is 5.01 Å². The van der Waals surface area contributed by atoms with Crippen molar-refractivity contribution in [2.45, 2.75) is 26.9 Å². The van der Waals surface area contributed by atoms with Crippen LogP contribution in [0.5, 0.6) is 0 Å². The molecule has 22 heavy (non-hydrogen) atoms. The molecule has 5 nitrogen and oxygen atoms in total. The van der Waals surface area contributed by atoms with E-state index in [1.807, 2.05) is 29.3 Å². The number of nitrogens with zero attached hydrogens (tertiary/aromatic N) is 4. The molecule has 3 rings (SSSR count). The second-order valence-corrected chi connectivity index (χ2v) is 7.30. The monoisotopic (exact) mass is 317 g/mol. The van der Waals surface area contributed by atoms with E-state index in [9.17, 15) is 0 Å². The van der Waals surface area contributed by atoms with Gasteiger partial charge in [-0.1, -0.05) is 44.5 Å². The normalized spacial score (nSPS) is 24.1. The smallest absolute Gasteiger partial charge is 0.154 e. The topological polar surface area (TPSA) is 66.3 Å². The lowest BCUT2D eigenvalue weighted by Gasteiger charge is -2.30. The summed E-state index contributed by atoms with van der Waals surface area (Å²) < 4.78 is 0. The molecule has 0 bridgehead atoms. The van der Waals surface area contributed by atoms with E-state index in [1.165, 1.54) is 6.34 Å². The molecule has 116 valence electrons. The van der Waals surface area contributed by atoms with Crippen molar-refractivity contribution in [2.24, 2.45) is 32.2 Å². The molecule has 1 aromatic carbocycles. The van der Waals surface area contributed by atoms with Gasteiger partial charge in [-0.25, -0.2) is 9.98 Å². The minimum absolute atomic E-state index is 0.103. The molecule has 2 atom stereocenters. The number of hydrogen-bond donors (Lipinski definition) is 1. The van der Waals surface area contributed by atoms with Crippen molar-refractivity contribution in [1.29, 1.82) is 0 Å². The third-order valence-electron chi connectivity index (χ3n) is 3.66. The first kappa shape index (κ1) is 15.0. The van der Waals surface area contributed by atoms with Gasteiger partial charge in [0, 0.05) is 11.6 Å². The Morgan fingerprint density at radius 2 is 1.91 bits per heavy atom. The van der Waals surface area contributed by atoms with E-state index in [1.54, 1.807) is 0 Å². The van der Waals surface area contributed by atoms with E-state index in [4.69, 9.17) is 22.4 Å². The average molecular weight is 318 g/mol. The van der Waals surface area contributed by atoms with Gasteiger partial charge in [0.05, 0.1) is 5.71 Å². The third kappa shape index (κ3) is 2.86. The quantitative estimate of drug-likeness (QED) is 0.911. The van der Waals surface area contributed by atoms with Crippen molar-refractivity contribution in [2.75, 3.05) is 6.54 Å². The van der Waals surface area contributed by atoms with Gasteiger partial charge >= 0.3 is 0 Å². The van der Waals surface area contributed by atoms with Crippen LogP contribution in [0.25, 0.3) is 0 Å². The largest absolute Gasteiger partial charge is 0.386 e. The molecule has 0 radical (unpaired) electrons. The lowest BCUT2D eigenvalue weighted by Crippen LogP contribution is -2.44. The molecule has 2 heterocycles. The summed E-state index contributed by atoms with van der Waals surface area (Å²) in [6.07, 6.45) is 1.43. The summed E-state index contributed by atoms with van der Waals surface area (Å²) in [6.45, 7) is 7.35. The fourth-order valence-electron chi connectivity index (χ4n) is 2.75. The number of aliphatic imine (C=N–C) groups is 2. The Hall–Kier alpha value is -1.88. The van der Waals surface area contributed by atoms with Crippen LogP contribution in [-0.2, 0) is 0 Å². The van der Waals surface area contributed by atoms with Gasteiger partial charge in [0.15, 0.2) is 6.17 Å². The minimum Gasteiger partial charge on any atom is -0.386 e. The molecule has 0 aromatic heterocycles. The highest BCUT2D eigenvalue weighted by Crippen LogP contribution is 2.31. The van der Waals surface area contributed by atoms with Crippen molar-refractivity contribution in [3.63, 3.8) is 0 Å². The maximum absolute atomic E-state index is 6.13. The summed E-state index contributed by atoms with van der Waals surface area (Å²) >= 11 is 5.98. The Balaban J connectivity index is 1.99. The summed E-state index contributed by atoms with van der Waals surface area (Å²) in [4.78, 5) is 8.66. The molecule has 0 amide bonds. The van der Waals surface area contributed by atoms with Crippen LogP contribution in [0.4, 0.5) is 0 Å². The third-order valence-corrected chi connectivity index (χ3v) is 3.91. The molecule has 2 unspecified atom stereocenters. The molecule has 0 spiro atoms. The summed E-state index contributed by atoms with van der Waals surface area (Å²) in [6, 6.07) is 7.65. The standard InChI is InChI=1S/C16H20ClN5/c1-16(2,3)8-22-15-12(14(18)19-9-20-15)13(21-22)10-4-6-11(17)7-5-10/h4-7,9,12,15H,8H2,1-3H3,(H2,18,19,20). The lowest BCUT2D eigenvalue weighted by molar-refractivity contribution is 0.156. The number of benzene rings is 1. The van der Waals surface area contributed by atoms with Crippen LogP contribution >= 0.6 is 11.6 Å². The summed E-state index contributed by atoms with van der Waals surface area (Å²) in [5.41, 5.74) is 8.15. The number of halogens is 1. The predicted molar refractivity (Wildman–Crippen MR) is 91.5 cm³/mol. The molecule has 2 aliphatic rings. The Morgan fingerprint density at radius 3 is 2.55 bits per heavy atom. The van der Waals surface area contributed by atoms with Gasteiger partial charge in [0.2, 0.25) is 0 Å². The van der Waals surface area contributed by atoms with Crippen molar-refractivity contribution in [3.05, 3.63) is 34.9 Å². The average Bonchev–Trinajstić information content (AvgIpc) is 2.78. The van der Waals surface area contributed by atoms with Crippen LogP contribution in [0, 0.1) is 11.3 Å². The van der Waals surface area contributed by atoms with E-state index in [2.05, 4.69) is 30.8 Å². The highest BCUT2D eigenvalue weighted by atomic mass is 35.5. The molecule has 2 aliphatic heterocycles. The zero-order chi connectivity index (χ0) is 15.9. The molecular weight excluding hydrogens is 298 g/mol. The van der Waals surface area contributed by atoms with Crippen molar-refractivity contribution in [1.82, 2.24) is 5.01 Å². The van der Waals surface area contributed by atoms with E-state index >= 15 is 0 Å². The fraction of sp³-hybridized carbons (Fsp3) is 0.438. The SMILES string of the molecule is CC(C)(C)CN1N=C(c2ccc(Cl)cc2)C2C(N)=NC=NC21. The second-order valence-electron chi connectivity index (χ2n) is 6.86. The van der Waals surface area contributed by atoms with Crippen LogP contribution in [0.3, 0.4) is 0 Å². The van der Waals surface area contributed by atoms with E-state index in [-0.39, 0.29) is 17.5 Å². The molecule has 1 aromatic rings. The lowest BCUT2D eigenvalue weighted by atomic mass is 9.92. The van der Waals surface area contributed by atoms with Crippen molar-refractivity contribution >= 4 is 29.5 Å². The number of hydrazone groups is 1. The molecule has 0 fully saturated rings. The van der Waals surface area contributed by atoms with Gasteiger partial charge in [-0.05, 0) is 23.1 Å². The highest BCUT2D eigenvalue weighted by molar-refractivity contribution is 6.30. The molecule has 2 N–H and O–H groups in total. The first-order chi connectivity index (χ1) is 10.3. The first-order valence-corrected chi connectivity index (χ1v) is 7.69. The van der Waals surface area contributed by atoms with E-state index < -0.39 is 0 Å². The van der Waals surface area contributed by atoms with Crippen LogP contribution in [0.1, 0.15) is 26.3 Å². The van der Waals surface area contributed by atoms with Crippen molar-refractivity contribution < 1.29 is 0 Å². The van der Waals surface area contributed by atoms with Crippen LogP contribution in [0.15, 0.2) is 39.4 Å². The summed E-state index contributed by atoms with van der Waals surface area (Å²) in [7, 11) is 0. The first-order valence-electron chi connectivity index (χ1n) is 7.31. The molecule has 0 saturated heterocycles. The fourth-order valence-corrected chi connectivity index (χ4v) is 2.88. The Kier molecular flexibility index (Phi) is 3.68. The van der Waals surface area contributed by atoms with E-state index in [0.29, 0.717) is 10.9 Å². The van der Waals surface area contributed by atoms with Crippen LogP contribution in [0.2, 0.25) is 5.02 Å². The zero-order valence-electron chi connectivity index (χ0n) is 13.0. The molecule has 6 heteroatoms. The van der Waals surface area contributed by atoms with Gasteiger partial charge in [-0.15, -0.1) is 0 Å². The van der Waals surface area contributed by atoms with Crippen molar-refractivity contribution in [3.8, 4) is 0 Å². The second kappa shape index (κ2) is 5.39. The summed E-state index contributed by atoms with van der Waals surface area (Å²) in [5, 5.41) is 7.52. The molecule has 0 aliphatic carbocycles. The predicted octanol–water partition coefficient (Wildman–Crippen LogP) is 2.75. The number of rotatable bonds is 2. The number of amidine groups is 1. The molecule has 0 saturated carbocycles. The van der Waals surface area contributed by atoms with E-state index in [0.717, 1.165) is 17.8 Å².